The van der Waals surface area contributed by atoms with Crippen LogP contribution >= 0.6 is 0 Å². The zero-order valence-electron chi connectivity index (χ0n) is 15.2. The van der Waals surface area contributed by atoms with E-state index in [1.54, 1.807) is 55.8 Å². The third-order valence-electron chi connectivity index (χ3n) is 3.32. The number of carbonyl (C=O) groups is 2. The fraction of sp³-hybridized carbons (Fsp3) is 0.389. The van der Waals surface area contributed by atoms with E-state index in [9.17, 15) is 9.59 Å². The Kier molecular flexibility index (Phi) is 5.99. The van der Waals surface area contributed by atoms with E-state index in [-0.39, 0.29) is 12.1 Å². The number of pyridine rings is 1. The molecule has 1 atom stereocenters. The van der Waals surface area contributed by atoms with Gasteiger partial charge in [0.05, 0.1) is 0 Å². The van der Waals surface area contributed by atoms with Crippen molar-refractivity contribution in [3.63, 3.8) is 0 Å². The first-order valence-corrected chi connectivity index (χ1v) is 8.12. The molecule has 0 spiro atoms. The van der Waals surface area contributed by atoms with Gasteiger partial charge in [-0.15, -0.1) is 0 Å². The van der Waals surface area contributed by atoms with Crippen molar-refractivity contribution in [2.24, 2.45) is 0 Å². The van der Waals surface area contributed by atoms with Gasteiger partial charge < -0.3 is 19.2 Å². The van der Waals surface area contributed by atoms with Crippen molar-refractivity contribution in [3.8, 4) is 12.1 Å². The maximum atomic E-state index is 12.2. The number of ether oxygens (including phenoxy) is 2. The summed E-state index contributed by atoms with van der Waals surface area (Å²) in [6.45, 7) is 4.69. The Hall–Kier alpha value is -3.59. The monoisotopic (exact) mass is 369 g/mol. The molecule has 140 valence electrons. The summed E-state index contributed by atoms with van der Waals surface area (Å²) in [7, 11) is 0. The molecule has 1 amide bonds. The fourth-order valence-electron chi connectivity index (χ4n) is 2.30. The zero-order valence-corrected chi connectivity index (χ0v) is 15.2. The highest BCUT2D eigenvalue weighted by atomic mass is 16.6. The average Bonchev–Trinajstić information content (AvgIpc) is 2.99. The number of nitrogens with zero attached hydrogens (tertiary/aromatic N) is 4. The molecule has 0 aliphatic rings. The number of fused-ring (bicyclic) bond motifs is 1. The summed E-state index contributed by atoms with van der Waals surface area (Å²) in [5, 5.41) is 20.0. The van der Waals surface area contributed by atoms with Crippen molar-refractivity contribution in [2.75, 3.05) is 6.61 Å². The molecule has 2 aromatic heterocycles. The minimum Gasteiger partial charge on any atom is -0.449 e. The predicted molar refractivity (Wildman–Crippen MR) is 93.3 cm³/mol. The number of nitrogens with one attached hydrogen (secondary N) is 1. The Labute approximate surface area is 156 Å². The molecule has 2 heterocycles. The highest BCUT2D eigenvalue weighted by molar-refractivity contribution is 5.81. The number of amides is 1. The maximum absolute atomic E-state index is 12.2. The normalized spacial score (nSPS) is 11.9. The van der Waals surface area contributed by atoms with Crippen LogP contribution in [0.1, 0.15) is 32.0 Å². The Balaban J connectivity index is 2.19. The van der Waals surface area contributed by atoms with Gasteiger partial charge in [-0.1, -0.05) is 6.07 Å². The Morgan fingerprint density at radius 3 is 2.67 bits per heavy atom. The molecule has 0 aliphatic heterocycles. The van der Waals surface area contributed by atoms with E-state index in [1.807, 2.05) is 6.07 Å². The molecule has 0 saturated carbocycles. The van der Waals surface area contributed by atoms with Gasteiger partial charge >= 0.3 is 12.1 Å². The highest BCUT2D eigenvalue weighted by Gasteiger charge is 2.26. The first kappa shape index (κ1) is 19.7. The van der Waals surface area contributed by atoms with Gasteiger partial charge in [0, 0.05) is 18.8 Å². The fourth-order valence-corrected chi connectivity index (χ4v) is 2.30. The molecular formula is C18H19N5O4. The number of alkyl carbamates (subject to hydrolysis) is 1. The molecular weight excluding hydrogens is 350 g/mol. The van der Waals surface area contributed by atoms with Crippen molar-refractivity contribution in [1.82, 2.24) is 14.7 Å². The van der Waals surface area contributed by atoms with Crippen LogP contribution in [0.15, 0.2) is 24.5 Å². The van der Waals surface area contributed by atoms with Crippen LogP contribution in [0.4, 0.5) is 4.79 Å². The number of aromatic nitrogens is 2. The molecule has 2 aromatic rings. The van der Waals surface area contributed by atoms with Crippen LogP contribution in [0.3, 0.4) is 0 Å². The lowest BCUT2D eigenvalue weighted by Gasteiger charge is -2.22. The van der Waals surface area contributed by atoms with Crippen LogP contribution in [0, 0.1) is 22.7 Å². The molecule has 0 saturated heterocycles. The molecule has 0 aliphatic carbocycles. The number of esters is 1. The first-order chi connectivity index (χ1) is 12.7. The third-order valence-corrected chi connectivity index (χ3v) is 3.32. The van der Waals surface area contributed by atoms with E-state index in [1.165, 1.54) is 0 Å². The van der Waals surface area contributed by atoms with Crippen molar-refractivity contribution in [1.29, 1.82) is 10.5 Å². The molecule has 9 nitrogen and oxygen atoms in total. The van der Waals surface area contributed by atoms with E-state index in [4.69, 9.17) is 20.0 Å². The van der Waals surface area contributed by atoms with Crippen LogP contribution < -0.4 is 5.32 Å². The second-order valence-electron chi connectivity index (χ2n) is 6.71. The average molecular weight is 369 g/mol. The number of rotatable bonds is 5. The SMILES string of the molecule is CC(C)(C)OC(=O)N[C@@H](Cc1ccc2nc(C#N)cn2c1)C(=O)OCC#N. The summed E-state index contributed by atoms with van der Waals surface area (Å²) < 4.78 is 11.7. The minimum absolute atomic E-state index is 0.111. The zero-order chi connectivity index (χ0) is 20.0. The van der Waals surface area contributed by atoms with Crippen LogP contribution in [0.5, 0.6) is 0 Å². The molecule has 27 heavy (non-hydrogen) atoms. The van der Waals surface area contributed by atoms with Gasteiger partial charge in [-0.2, -0.15) is 10.5 Å². The second-order valence-corrected chi connectivity index (χ2v) is 6.71. The van der Waals surface area contributed by atoms with Gasteiger partial charge in [-0.05, 0) is 32.4 Å². The molecule has 9 heteroatoms. The van der Waals surface area contributed by atoms with Crippen molar-refractivity contribution >= 4 is 17.7 Å². The number of hydrogen-bond donors (Lipinski definition) is 1. The predicted octanol–water partition coefficient (Wildman–Crippen LogP) is 1.71. The standard InChI is InChI=1S/C18H19N5O4/c1-18(2,3)27-17(25)22-14(16(24)26-7-6-19)8-12-4-5-15-21-13(9-20)11-23(15)10-12/h4-5,10-11,14H,7-8H2,1-3H3,(H,22,25)/t14-/m0/s1. The minimum atomic E-state index is -1.04. The van der Waals surface area contributed by atoms with Gasteiger partial charge in [0.2, 0.25) is 0 Å². The molecule has 0 aromatic carbocycles. The summed E-state index contributed by atoms with van der Waals surface area (Å²) in [6.07, 6.45) is 2.60. The van der Waals surface area contributed by atoms with Crippen molar-refractivity contribution in [2.45, 2.75) is 38.8 Å². The lowest BCUT2D eigenvalue weighted by atomic mass is 10.1. The topological polar surface area (TPSA) is 130 Å². The van der Waals surface area contributed by atoms with Crippen molar-refractivity contribution < 1.29 is 19.1 Å². The number of nitriles is 2. The molecule has 1 N–H and O–H groups in total. The van der Waals surface area contributed by atoms with Gasteiger partial charge in [-0.25, -0.2) is 14.6 Å². The van der Waals surface area contributed by atoms with Crippen LogP contribution in [0.2, 0.25) is 0 Å². The Morgan fingerprint density at radius 1 is 1.30 bits per heavy atom. The van der Waals surface area contributed by atoms with E-state index >= 15 is 0 Å². The lowest BCUT2D eigenvalue weighted by molar-refractivity contribution is -0.144. The molecule has 0 unspecified atom stereocenters. The van der Waals surface area contributed by atoms with E-state index in [2.05, 4.69) is 10.3 Å². The smallest absolute Gasteiger partial charge is 0.408 e. The molecule has 0 fully saturated rings. The number of carbonyl (C=O) groups excluding carboxylic acids is 2. The first-order valence-electron chi connectivity index (χ1n) is 8.12. The van der Waals surface area contributed by atoms with E-state index in [0.717, 1.165) is 0 Å². The van der Waals surface area contributed by atoms with Gasteiger partial charge in [0.15, 0.2) is 12.3 Å². The summed E-state index contributed by atoms with van der Waals surface area (Å²) >= 11 is 0. The van der Waals surface area contributed by atoms with Gasteiger partial charge in [0.25, 0.3) is 0 Å². The highest BCUT2D eigenvalue weighted by Crippen LogP contribution is 2.12. The van der Waals surface area contributed by atoms with Gasteiger partial charge in [-0.3, -0.25) is 0 Å². The number of hydrogen-bond acceptors (Lipinski definition) is 7. The summed E-state index contributed by atoms with van der Waals surface area (Å²) in [5.74, 6) is -0.745. The summed E-state index contributed by atoms with van der Waals surface area (Å²) in [5.41, 5.74) is 0.816. The Bertz CT molecular complexity index is 930. The second kappa shape index (κ2) is 8.19. The molecule has 2 rings (SSSR count). The van der Waals surface area contributed by atoms with Gasteiger partial charge in [0.1, 0.15) is 29.4 Å². The van der Waals surface area contributed by atoms with Crippen molar-refractivity contribution in [3.05, 3.63) is 35.8 Å². The molecule has 0 bridgehead atoms. The summed E-state index contributed by atoms with van der Waals surface area (Å²) in [4.78, 5) is 28.4. The summed E-state index contributed by atoms with van der Waals surface area (Å²) in [6, 6.07) is 6.05. The largest absolute Gasteiger partial charge is 0.449 e. The lowest BCUT2D eigenvalue weighted by Crippen LogP contribution is -2.45. The van der Waals surface area contributed by atoms with Crippen LogP contribution in [-0.2, 0) is 20.7 Å². The van der Waals surface area contributed by atoms with E-state index < -0.39 is 30.3 Å². The quantitative estimate of drug-likeness (QED) is 0.794. The maximum Gasteiger partial charge on any atom is 0.408 e. The van der Waals surface area contributed by atoms with Crippen LogP contribution in [-0.4, -0.2) is 39.7 Å². The van der Waals surface area contributed by atoms with E-state index in [0.29, 0.717) is 11.2 Å². The van der Waals surface area contributed by atoms with Crippen LogP contribution in [0.25, 0.3) is 5.65 Å². The molecule has 0 radical (unpaired) electrons. The Morgan fingerprint density at radius 2 is 2.04 bits per heavy atom. The third kappa shape index (κ3) is 5.72. The number of imidazole rings is 1.